The van der Waals surface area contributed by atoms with Gasteiger partial charge >= 0.3 is 0 Å². The summed E-state index contributed by atoms with van der Waals surface area (Å²) in [5.74, 6) is -0.0715. The summed E-state index contributed by atoms with van der Waals surface area (Å²) < 4.78 is 1.13. The lowest BCUT2D eigenvalue weighted by Gasteiger charge is -2.31. The number of likely N-dealkylation sites (tertiary alicyclic amines) is 1. The molecule has 0 aliphatic carbocycles. The van der Waals surface area contributed by atoms with Gasteiger partial charge in [-0.25, -0.2) is 0 Å². The molecule has 130 valence electrons. The number of carbonyl (C=O) groups excluding carboxylic acids is 2. The van der Waals surface area contributed by atoms with Crippen LogP contribution in [0.25, 0.3) is 0 Å². The largest absolute Gasteiger partial charge is 0.339 e. The molecule has 2 aromatic rings. The SMILES string of the molecule is O=C(Nc1ccc(I)cc1)C1CCN(C(=O)c2cccc(Cl)c2)CC1. The summed E-state index contributed by atoms with van der Waals surface area (Å²) in [6.45, 7) is 1.16. The van der Waals surface area contributed by atoms with Crippen LogP contribution in [-0.2, 0) is 4.79 Å². The average molecular weight is 469 g/mol. The van der Waals surface area contributed by atoms with Gasteiger partial charge in [-0.05, 0) is 77.9 Å². The van der Waals surface area contributed by atoms with Crippen molar-refractivity contribution in [3.8, 4) is 0 Å². The van der Waals surface area contributed by atoms with Crippen molar-refractivity contribution < 1.29 is 9.59 Å². The predicted octanol–water partition coefficient (Wildman–Crippen LogP) is 4.44. The van der Waals surface area contributed by atoms with Crippen LogP contribution < -0.4 is 5.32 Å². The summed E-state index contributed by atoms with van der Waals surface area (Å²) in [5, 5.41) is 3.51. The third-order valence-corrected chi connectivity index (χ3v) is 5.29. The number of rotatable bonds is 3. The molecule has 0 radical (unpaired) electrons. The molecule has 1 aliphatic heterocycles. The lowest BCUT2D eigenvalue weighted by atomic mass is 9.95. The van der Waals surface area contributed by atoms with Crippen LogP contribution in [0, 0.1) is 9.49 Å². The second-order valence-electron chi connectivity index (χ2n) is 6.07. The van der Waals surface area contributed by atoms with Crippen LogP contribution in [0.2, 0.25) is 5.02 Å². The first-order chi connectivity index (χ1) is 12.0. The average Bonchev–Trinajstić information content (AvgIpc) is 2.63. The Balaban J connectivity index is 1.55. The number of amides is 2. The van der Waals surface area contributed by atoms with Crippen LogP contribution in [0.5, 0.6) is 0 Å². The number of anilines is 1. The molecule has 4 nitrogen and oxygen atoms in total. The molecular weight excluding hydrogens is 451 g/mol. The highest BCUT2D eigenvalue weighted by atomic mass is 127. The Hall–Kier alpha value is -1.60. The molecule has 0 bridgehead atoms. The first-order valence-electron chi connectivity index (χ1n) is 8.14. The summed E-state index contributed by atoms with van der Waals surface area (Å²) in [6, 6.07) is 14.7. The van der Waals surface area contributed by atoms with Gasteiger partial charge in [-0.3, -0.25) is 9.59 Å². The minimum absolute atomic E-state index is 0.0241. The van der Waals surface area contributed by atoms with Crippen molar-refractivity contribution in [2.75, 3.05) is 18.4 Å². The Labute approximate surface area is 165 Å². The smallest absolute Gasteiger partial charge is 0.253 e. The highest BCUT2D eigenvalue weighted by Crippen LogP contribution is 2.22. The van der Waals surface area contributed by atoms with E-state index in [-0.39, 0.29) is 17.7 Å². The fraction of sp³-hybridized carbons (Fsp3) is 0.263. The molecule has 1 saturated heterocycles. The summed E-state index contributed by atoms with van der Waals surface area (Å²) in [5.41, 5.74) is 1.40. The van der Waals surface area contributed by atoms with Crippen molar-refractivity contribution in [3.63, 3.8) is 0 Å². The third kappa shape index (κ3) is 4.73. The first-order valence-corrected chi connectivity index (χ1v) is 9.60. The molecule has 0 saturated carbocycles. The first kappa shape index (κ1) is 18.2. The Morgan fingerprint density at radius 2 is 1.76 bits per heavy atom. The van der Waals surface area contributed by atoms with E-state index in [1.807, 2.05) is 24.3 Å². The highest BCUT2D eigenvalue weighted by molar-refractivity contribution is 14.1. The second-order valence-corrected chi connectivity index (χ2v) is 7.76. The lowest BCUT2D eigenvalue weighted by molar-refractivity contribution is -0.121. The zero-order chi connectivity index (χ0) is 17.8. The van der Waals surface area contributed by atoms with E-state index in [0.717, 1.165) is 9.26 Å². The number of hydrogen-bond donors (Lipinski definition) is 1. The summed E-state index contributed by atoms with van der Waals surface area (Å²) in [7, 11) is 0. The van der Waals surface area contributed by atoms with E-state index in [4.69, 9.17) is 11.6 Å². The van der Waals surface area contributed by atoms with Crippen LogP contribution >= 0.6 is 34.2 Å². The van der Waals surface area contributed by atoms with Gasteiger partial charge in [0.1, 0.15) is 0 Å². The Morgan fingerprint density at radius 3 is 2.40 bits per heavy atom. The standard InChI is InChI=1S/C19H18ClIN2O2/c20-15-3-1-2-14(12-15)19(25)23-10-8-13(9-11-23)18(24)22-17-6-4-16(21)5-7-17/h1-7,12-13H,8-11H2,(H,22,24). The van der Waals surface area contributed by atoms with Gasteiger partial charge in [0.2, 0.25) is 5.91 Å². The van der Waals surface area contributed by atoms with Crippen LogP contribution in [0.3, 0.4) is 0 Å². The molecule has 0 aromatic heterocycles. The van der Waals surface area contributed by atoms with E-state index < -0.39 is 0 Å². The van der Waals surface area contributed by atoms with Gasteiger partial charge in [-0.15, -0.1) is 0 Å². The minimum Gasteiger partial charge on any atom is -0.339 e. The van der Waals surface area contributed by atoms with Crippen LogP contribution in [0.4, 0.5) is 5.69 Å². The van der Waals surface area contributed by atoms with E-state index in [1.165, 1.54) is 0 Å². The highest BCUT2D eigenvalue weighted by Gasteiger charge is 2.27. The molecule has 1 heterocycles. The number of nitrogens with zero attached hydrogens (tertiary/aromatic N) is 1. The second kappa shape index (κ2) is 8.19. The summed E-state index contributed by atoms with van der Waals surface area (Å²) in [4.78, 5) is 26.7. The number of halogens is 2. The van der Waals surface area contributed by atoms with Gasteiger partial charge in [0.25, 0.3) is 5.91 Å². The Bertz CT molecular complexity index is 771. The van der Waals surface area contributed by atoms with Gasteiger partial charge in [-0.2, -0.15) is 0 Å². The molecule has 0 atom stereocenters. The van der Waals surface area contributed by atoms with Crippen molar-refractivity contribution in [2.45, 2.75) is 12.8 Å². The molecule has 25 heavy (non-hydrogen) atoms. The van der Waals surface area contributed by atoms with E-state index in [9.17, 15) is 9.59 Å². The van der Waals surface area contributed by atoms with Gasteiger partial charge in [0.05, 0.1) is 0 Å². The molecule has 1 aliphatic rings. The normalized spacial score (nSPS) is 15.0. The van der Waals surface area contributed by atoms with Gasteiger partial charge in [0.15, 0.2) is 0 Å². The minimum atomic E-state index is -0.0670. The van der Waals surface area contributed by atoms with Gasteiger partial charge in [0, 0.05) is 38.9 Å². The third-order valence-electron chi connectivity index (χ3n) is 4.34. The van der Waals surface area contributed by atoms with Crippen LogP contribution in [0.15, 0.2) is 48.5 Å². The zero-order valence-corrected chi connectivity index (χ0v) is 16.5. The maximum absolute atomic E-state index is 12.5. The quantitative estimate of drug-likeness (QED) is 0.677. The molecule has 3 rings (SSSR count). The van der Waals surface area contributed by atoms with Crippen molar-refractivity contribution >= 4 is 51.7 Å². The van der Waals surface area contributed by atoms with E-state index in [2.05, 4.69) is 27.9 Å². The lowest BCUT2D eigenvalue weighted by Crippen LogP contribution is -2.41. The van der Waals surface area contributed by atoms with Crippen molar-refractivity contribution in [1.29, 1.82) is 0 Å². The molecule has 1 N–H and O–H groups in total. The maximum Gasteiger partial charge on any atom is 0.253 e. The molecular formula is C19H18ClIN2O2. The van der Waals surface area contributed by atoms with Crippen LogP contribution in [0.1, 0.15) is 23.2 Å². The number of carbonyl (C=O) groups is 2. The molecule has 6 heteroatoms. The maximum atomic E-state index is 12.5. The molecule has 1 fully saturated rings. The molecule has 0 spiro atoms. The summed E-state index contributed by atoms with van der Waals surface area (Å²) in [6.07, 6.45) is 1.34. The topological polar surface area (TPSA) is 49.4 Å². The Kier molecular flexibility index (Phi) is 5.96. The number of piperidine rings is 1. The van der Waals surface area contributed by atoms with E-state index in [0.29, 0.717) is 36.5 Å². The zero-order valence-electron chi connectivity index (χ0n) is 13.5. The van der Waals surface area contributed by atoms with E-state index in [1.54, 1.807) is 29.2 Å². The van der Waals surface area contributed by atoms with Crippen molar-refractivity contribution in [2.24, 2.45) is 5.92 Å². The predicted molar refractivity (Wildman–Crippen MR) is 108 cm³/mol. The number of benzene rings is 2. The van der Waals surface area contributed by atoms with Gasteiger partial charge < -0.3 is 10.2 Å². The van der Waals surface area contributed by atoms with Crippen LogP contribution in [-0.4, -0.2) is 29.8 Å². The fourth-order valence-electron chi connectivity index (χ4n) is 2.93. The monoisotopic (exact) mass is 468 g/mol. The number of hydrogen-bond acceptors (Lipinski definition) is 2. The molecule has 2 aromatic carbocycles. The fourth-order valence-corrected chi connectivity index (χ4v) is 3.48. The Morgan fingerprint density at radius 1 is 1.08 bits per heavy atom. The number of nitrogens with one attached hydrogen (secondary N) is 1. The summed E-state index contributed by atoms with van der Waals surface area (Å²) >= 11 is 8.19. The van der Waals surface area contributed by atoms with Gasteiger partial charge in [-0.1, -0.05) is 17.7 Å². The van der Waals surface area contributed by atoms with Crippen molar-refractivity contribution in [1.82, 2.24) is 4.90 Å². The van der Waals surface area contributed by atoms with Crippen molar-refractivity contribution in [3.05, 3.63) is 62.7 Å². The van der Waals surface area contributed by atoms with E-state index >= 15 is 0 Å². The molecule has 0 unspecified atom stereocenters. The molecule has 2 amide bonds.